The molecule has 0 spiro atoms. The van der Waals surface area contributed by atoms with E-state index in [4.69, 9.17) is 9.47 Å². The second-order valence-electron chi connectivity index (χ2n) is 4.52. The molecule has 0 aromatic heterocycles. The van der Waals surface area contributed by atoms with E-state index >= 15 is 0 Å². The van der Waals surface area contributed by atoms with Gasteiger partial charge in [-0.2, -0.15) is 0 Å². The molecule has 17 heavy (non-hydrogen) atoms. The van der Waals surface area contributed by atoms with Gasteiger partial charge in [-0.15, -0.1) is 12.4 Å². The number of amides is 1. The molecule has 2 saturated heterocycles. The summed E-state index contributed by atoms with van der Waals surface area (Å²) in [5, 5.41) is 6.36. The van der Waals surface area contributed by atoms with E-state index in [0.717, 1.165) is 19.5 Å². The van der Waals surface area contributed by atoms with Gasteiger partial charge in [0, 0.05) is 6.04 Å². The van der Waals surface area contributed by atoms with Crippen LogP contribution in [0.15, 0.2) is 0 Å². The van der Waals surface area contributed by atoms with Crippen LogP contribution in [0.4, 0.5) is 0 Å². The molecule has 0 aromatic carbocycles. The second kappa shape index (κ2) is 7.16. The molecule has 0 saturated carbocycles. The molecule has 2 aliphatic heterocycles. The van der Waals surface area contributed by atoms with E-state index in [1.807, 2.05) is 0 Å². The Labute approximate surface area is 108 Å². The van der Waals surface area contributed by atoms with Gasteiger partial charge >= 0.3 is 0 Å². The number of ether oxygens (including phenoxy) is 2. The van der Waals surface area contributed by atoms with Crippen LogP contribution >= 0.6 is 12.4 Å². The molecule has 0 radical (unpaired) electrons. The normalized spacial score (nSPS) is 33.6. The Balaban J connectivity index is 0.00000144. The van der Waals surface area contributed by atoms with Crippen LogP contribution in [0.25, 0.3) is 0 Å². The predicted molar refractivity (Wildman–Crippen MR) is 66.4 cm³/mol. The van der Waals surface area contributed by atoms with Gasteiger partial charge in [-0.1, -0.05) is 6.92 Å². The third-order valence-electron chi connectivity index (χ3n) is 3.22. The first-order chi connectivity index (χ1) is 7.77. The predicted octanol–water partition coefficient (Wildman–Crippen LogP) is -0.0622. The molecule has 1 amide bonds. The summed E-state index contributed by atoms with van der Waals surface area (Å²) < 4.78 is 10.6. The largest absolute Gasteiger partial charge is 0.376 e. The lowest BCUT2D eigenvalue weighted by Gasteiger charge is -2.32. The Morgan fingerprint density at radius 1 is 1.41 bits per heavy atom. The summed E-state index contributed by atoms with van der Waals surface area (Å²) in [6, 6.07) is 0.263. The van der Waals surface area contributed by atoms with E-state index in [2.05, 4.69) is 17.6 Å². The molecule has 100 valence electrons. The van der Waals surface area contributed by atoms with Crippen molar-refractivity contribution in [1.82, 2.24) is 10.6 Å². The van der Waals surface area contributed by atoms with E-state index < -0.39 is 6.10 Å². The highest BCUT2D eigenvalue weighted by Crippen LogP contribution is 2.11. The van der Waals surface area contributed by atoms with Crippen molar-refractivity contribution in [2.24, 2.45) is 5.92 Å². The van der Waals surface area contributed by atoms with E-state index in [-0.39, 0.29) is 24.4 Å². The molecule has 2 heterocycles. The van der Waals surface area contributed by atoms with Gasteiger partial charge in [-0.05, 0) is 25.4 Å². The monoisotopic (exact) mass is 264 g/mol. The Hall–Kier alpha value is -0.360. The molecule has 2 N–H and O–H groups in total. The number of carbonyl (C=O) groups excluding carboxylic acids is 1. The van der Waals surface area contributed by atoms with Crippen molar-refractivity contribution < 1.29 is 14.3 Å². The van der Waals surface area contributed by atoms with Crippen molar-refractivity contribution in [3.63, 3.8) is 0 Å². The standard InChI is InChI=1S/C11H20N2O3.ClH/c1-8-6-12-3-2-9(8)13-11(14)10-7-15-4-5-16-10;/h8-10,12H,2-7H2,1H3,(H,13,14);1H. The second-order valence-corrected chi connectivity index (χ2v) is 4.52. The van der Waals surface area contributed by atoms with Gasteiger partial charge in [-0.3, -0.25) is 4.79 Å². The van der Waals surface area contributed by atoms with Crippen LogP contribution in [-0.4, -0.2) is 51.0 Å². The summed E-state index contributed by atoms with van der Waals surface area (Å²) in [7, 11) is 0. The number of piperidine rings is 1. The van der Waals surface area contributed by atoms with Crippen LogP contribution < -0.4 is 10.6 Å². The lowest BCUT2D eigenvalue weighted by atomic mass is 9.95. The number of halogens is 1. The first kappa shape index (κ1) is 14.7. The minimum Gasteiger partial charge on any atom is -0.376 e. The lowest BCUT2D eigenvalue weighted by Crippen LogP contribution is -2.52. The first-order valence-electron chi connectivity index (χ1n) is 5.98. The fraction of sp³-hybridized carbons (Fsp3) is 0.909. The molecule has 5 nitrogen and oxygen atoms in total. The number of hydrogen-bond donors (Lipinski definition) is 2. The lowest BCUT2D eigenvalue weighted by molar-refractivity contribution is -0.148. The third kappa shape index (κ3) is 4.10. The molecule has 3 atom stereocenters. The van der Waals surface area contributed by atoms with E-state index in [9.17, 15) is 4.79 Å². The summed E-state index contributed by atoms with van der Waals surface area (Å²) in [6.45, 7) is 5.57. The summed E-state index contributed by atoms with van der Waals surface area (Å²) in [5.41, 5.74) is 0. The topological polar surface area (TPSA) is 59.6 Å². The van der Waals surface area contributed by atoms with Crippen LogP contribution in [0.1, 0.15) is 13.3 Å². The van der Waals surface area contributed by atoms with Crippen LogP contribution in [0, 0.1) is 5.92 Å². The Bertz CT molecular complexity index is 247. The smallest absolute Gasteiger partial charge is 0.251 e. The number of carbonyl (C=O) groups is 1. The van der Waals surface area contributed by atoms with Crippen molar-refractivity contribution >= 4 is 18.3 Å². The highest BCUT2D eigenvalue weighted by molar-refractivity contribution is 5.85. The molecule has 3 unspecified atom stereocenters. The van der Waals surface area contributed by atoms with Crippen LogP contribution in [-0.2, 0) is 14.3 Å². The maximum atomic E-state index is 11.9. The van der Waals surface area contributed by atoms with Crippen LogP contribution in [0.3, 0.4) is 0 Å². The average Bonchev–Trinajstić information content (AvgIpc) is 2.33. The fourth-order valence-electron chi connectivity index (χ4n) is 2.14. The van der Waals surface area contributed by atoms with E-state index in [1.54, 1.807) is 0 Å². The van der Waals surface area contributed by atoms with Crippen molar-refractivity contribution in [3.05, 3.63) is 0 Å². The van der Waals surface area contributed by atoms with Gasteiger partial charge < -0.3 is 20.1 Å². The summed E-state index contributed by atoms with van der Waals surface area (Å²) in [6.07, 6.45) is 0.566. The highest BCUT2D eigenvalue weighted by Gasteiger charge is 2.28. The van der Waals surface area contributed by atoms with Crippen molar-refractivity contribution in [2.75, 3.05) is 32.9 Å². The molecule has 2 aliphatic rings. The molecule has 0 aliphatic carbocycles. The summed E-state index contributed by atoms with van der Waals surface area (Å²) >= 11 is 0. The summed E-state index contributed by atoms with van der Waals surface area (Å²) in [5.74, 6) is 0.445. The average molecular weight is 265 g/mol. The van der Waals surface area contributed by atoms with Crippen molar-refractivity contribution in [2.45, 2.75) is 25.5 Å². The Morgan fingerprint density at radius 2 is 2.24 bits per heavy atom. The minimum absolute atomic E-state index is 0. The molecule has 2 rings (SSSR count). The molecule has 0 bridgehead atoms. The van der Waals surface area contributed by atoms with Gasteiger partial charge in [0.1, 0.15) is 0 Å². The minimum atomic E-state index is -0.421. The van der Waals surface area contributed by atoms with E-state index in [0.29, 0.717) is 25.7 Å². The van der Waals surface area contributed by atoms with Gasteiger partial charge in [0.05, 0.1) is 19.8 Å². The number of hydrogen-bond acceptors (Lipinski definition) is 4. The zero-order valence-electron chi connectivity index (χ0n) is 10.1. The Morgan fingerprint density at radius 3 is 2.88 bits per heavy atom. The quantitative estimate of drug-likeness (QED) is 0.734. The molecular weight excluding hydrogens is 244 g/mol. The SMILES string of the molecule is CC1CNCCC1NC(=O)C1COCCO1.Cl. The molecule has 6 heteroatoms. The van der Waals surface area contributed by atoms with Gasteiger partial charge in [0.15, 0.2) is 6.10 Å². The number of nitrogens with one attached hydrogen (secondary N) is 2. The molecular formula is C11H21ClN2O3. The highest BCUT2D eigenvalue weighted by atomic mass is 35.5. The fourth-order valence-corrected chi connectivity index (χ4v) is 2.14. The zero-order valence-corrected chi connectivity index (χ0v) is 10.9. The first-order valence-corrected chi connectivity index (χ1v) is 5.98. The third-order valence-corrected chi connectivity index (χ3v) is 3.22. The van der Waals surface area contributed by atoms with Gasteiger partial charge in [-0.25, -0.2) is 0 Å². The van der Waals surface area contributed by atoms with Crippen molar-refractivity contribution in [1.29, 1.82) is 0 Å². The van der Waals surface area contributed by atoms with Gasteiger partial charge in [0.25, 0.3) is 5.91 Å². The van der Waals surface area contributed by atoms with E-state index in [1.165, 1.54) is 0 Å². The van der Waals surface area contributed by atoms with Crippen LogP contribution in [0.2, 0.25) is 0 Å². The molecule has 2 fully saturated rings. The zero-order chi connectivity index (χ0) is 11.4. The van der Waals surface area contributed by atoms with Crippen LogP contribution in [0.5, 0.6) is 0 Å². The number of rotatable bonds is 2. The Kier molecular flexibility index (Phi) is 6.19. The van der Waals surface area contributed by atoms with Gasteiger partial charge in [0.2, 0.25) is 0 Å². The summed E-state index contributed by atoms with van der Waals surface area (Å²) in [4.78, 5) is 11.9. The maximum Gasteiger partial charge on any atom is 0.251 e. The van der Waals surface area contributed by atoms with Crippen molar-refractivity contribution in [3.8, 4) is 0 Å². The molecule has 0 aromatic rings. The maximum absolute atomic E-state index is 11.9.